The van der Waals surface area contributed by atoms with Gasteiger partial charge >= 0.3 is 6.09 Å². The minimum absolute atomic E-state index is 0.118. The van der Waals surface area contributed by atoms with E-state index < -0.39 is 17.5 Å². The van der Waals surface area contributed by atoms with Crippen molar-refractivity contribution in [3.63, 3.8) is 0 Å². The second kappa shape index (κ2) is 8.63. The number of halogens is 1. The number of benzene rings is 1. The fourth-order valence-corrected chi connectivity index (χ4v) is 3.31. The Labute approximate surface area is 169 Å². The minimum atomic E-state index is -0.587. The molecular weight excluding hydrogens is 377 g/mol. The SMILES string of the molecule is CC(C)(C)OC(=O)NCC1CCCCN1C(=O)c1cc(-c2ccccc2F)on1. The summed E-state index contributed by atoms with van der Waals surface area (Å²) in [5.74, 6) is -0.543. The van der Waals surface area contributed by atoms with Crippen LogP contribution in [0.25, 0.3) is 11.3 Å². The summed E-state index contributed by atoms with van der Waals surface area (Å²) in [6.45, 7) is 6.22. The first-order valence-corrected chi connectivity index (χ1v) is 9.74. The van der Waals surface area contributed by atoms with Crippen molar-refractivity contribution in [3.05, 3.63) is 41.8 Å². The molecule has 1 saturated heterocycles. The second-order valence-electron chi connectivity index (χ2n) is 8.09. The van der Waals surface area contributed by atoms with Crippen molar-refractivity contribution >= 4 is 12.0 Å². The Hall–Kier alpha value is -2.90. The molecule has 0 saturated carbocycles. The lowest BCUT2D eigenvalue weighted by Gasteiger charge is -2.35. The Kier molecular flexibility index (Phi) is 6.20. The maximum Gasteiger partial charge on any atom is 0.407 e. The highest BCUT2D eigenvalue weighted by Gasteiger charge is 2.30. The van der Waals surface area contributed by atoms with Crippen LogP contribution in [0.4, 0.5) is 9.18 Å². The fourth-order valence-electron chi connectivity index (χ4n) is 3.31. The van der Waals surface area contributed by atoms with Gasteiger partial charge in [0.2, 0.25) is 0 Å². The summed E-state index contributed by atoms with van der Waals surface area (Å²) in [6.07, 6.45) is 2.08. The molecule has 29 heavy (non-hydrogen) atoms. The molecule has 1 aromatic carbocycles. The van der Waals surface area contributed by atoms with Gasteiger partial charge in [0.05, 0.1) is 5.56 Å². The number of nitrogens with one attached hydrogen (secondary N) is 1. The molecule has 0 bridgehead atoms. The Morgan fingerprint density at radius 1 is 1.31 bits per heavy atom. The molecule has 1 aliphatic rings. The highest BCUT2D eigenvalue weighted by molar-refractivity contribution is 5.93. The average molecular weight is 403 g/mol. The van der Waals surface area contributed by atoms with Gasteiger partial charge in [-0.25, -0.2) is 9.18 Å². The smallest absolute Gasteiger partial charge is 0.407 e. The van der Waals surface area contributed by atoms with Gasteiger partial charge in [0, 0.05) is 25.2 Å². The molecule has 2 aromatic rings. The van der Waals surface area contributed by atoms with Crippen LogP contribution in [0.1, 0.15) is 50.5 Å². The van der Waals surface area contributed by atoms with E-state index in [2.05, 4.69) is 10.5 Å². The third kappa shape index (κ3) is 5.34. The number of carbonyl (C=O) groups is 2. The van der Waals surface area contributed by atoms with E-state index in [-0.39, 0.29) is 29.0 Å². The van der Waals surface area contributed by atoms with Gasteiger partial charge < -0.3 is 19.5 Å². The summed E-state index contributed by atoms with van der Waals surface area (Å²) < 4.78 is 24.4. The Morgan fingerprint density at radius 2 is 2.07 bits per heavy atom. The van der Waals surface area contributed by atoms with Crippen LogP contribution in [0, 0.1) is 5.82 Å². The maximum atomic E-state index is 14.0. The first-order chi connectivity index (χ1) is 13.7. The van der Waals surface area contributed by atoms with Crippen molar-refractivity contribution in [2.45, 2.75) is 51.7 Å². The van der Waals surface area contributed by atoms with Crippen molar-refractivity contribution in [1.82, 2.24) is 15.4 Å². The number of piperidine rings is 1. The average Bonchev–Trinajstić information content (AvgIpc) is 3.15. The van der Waals surface area contributed by atoms with Crippen LogP contribution >= 0.6 is 0 Å². The molecule has 1 unspecified atom stereocenters. The van der Waals surface area contributed by atoms with E-state index in [0.29, 0.717) is 13.1 Å². The molecule has 156 valence electrons. The number of carbonyl (C=O) groups excluding carboxylic acids is 2. The zero-order chi connectivity index (χ0) is 21.0. The van der Waals surface area contributed by atoms with Gasteiger partial charge in [-0.1, -0.05) is 17.3 Å². The van der Waals surface area contributed by atoms with Gasteiger partial charge in [-0.15, -0.1) is 0 Å². The molecule has 0 radical (unpaired) electrons. The lowest BCUT2D eigenvalue weighted by Crippen LogP contribution is -2.50. The van der Waals surface area contributed by atoms with Crippen LogP contribution in [-0.2, 0) is 4.74 Å². The fraction of sp³-hybridized carbons (Fsp3) is 0.476. The first-order valence-electron chi connectivity index (χ1n) is 9.74. The zero-order valence-electron chi connectivity index (χ0n) is 16.9. The number of amides is 2. The van der Waals surface area contributed by atoms with Crippen molar-refractivity contribution in [2.24, 2.45) is 0 Å². The lowest BCUT2D eigenvalue weighted by atomic mass is 10.0. The number of ether oxygens (including phenoxy) is 1. The third-order valence-electron chi connectivity index (χ3n) is 4.64. The monoisotopic (exact) mass is 403 g/mol. The molecule has 1 fully saturated rings. The Balaban J connectivity index is 1.68. The van der Waals surface area contributed by atoms with Crippen molar-refractivity contribution in [3.8, 4) is 11.3 Å². The normalized spacial score (nSPS) is 17.1. The van der Waals surface area contributed by atoms with E-state index >= 15 is 0 Å². The summed E-state index contributed by atoms with van der Waals surface area (Å²) in [4.78, 5) is 26.6. The van der Waals surface area contributed by atoms with E-state index in [1.165, 1.54) is 12.1 Å². The number of nitrogens with zero attached hydrogens (tertiary/aromatic N) is 2. The van der Waals surface area contributed by atoms with Crippen LogP contribution < -0.4 is 5.32 Å². The molecule has 1 aromatic heterocycles. The standard InChI is InChI=1S/C21H26FN3O4/c1-21(2,3)28-20(27)23-13-14-8-6-7-11-25(14)19(26)17-12-18(29-24-17)15-9-4-5-10-16(15)22/h4-5,9-10,12,14H,6-8,11,13H2,1-3H3,(H,23,27). The van der Waals surface area contributed by atoms with E-state index in [1.54, 1.807) is 43.9 Å². The zero-order valence-corrected chi connectivity index (χ0v) is 16.9. The summed E-state index contributed by atoms with van der Waals surface area (Å²) in [5, 5.41) is 6.58. The number of aromatic nitrogens is 1. The molecule has 1 N–H and O–H groups in total. The first kappa shape index (κ1) is 20.8. The number of alkyl carbamates (subject to hydrolysis) is 1. The van der Waals surface area contributed by atoms with Crippen LogP contribution in [0.3, 0.4) is 0 Å². The van der Waals surface area contributed by atoms with E-state index in [1.807, 2.05) is 0 Å². The van der Waals surface area contributed by atoms with Crippen molar-refractivity contribution in [1.29, 1.82) is 0 Å². The molecule has 8 heteroatoms. The molecule has 2 amide bonds. The number of likely N-dealkylation sites (tertiary alicyclic amines) is 1. The van der Waals surface area contributed by atoms with Gasteiger partial charge in [0.1, 0.15) is 11.4 Å². The van der Waals surface area contributed by atoms with E-state index in [4.69, 9.17) is 9.26 Å². The van der Waals surface area contributed by atoms with Crippen LogP contribution in [0.2, 0.25) is 0 Å². The number of hydrogen-bond acceptors (Lipinski definition) is 5. The van der Waals surface area contributed by atoms with Gasteiger partial charge in [-0.2, -0.15) is 0 Å². The van der Waals surface area contributed by atoms with Gasteiger partial charge in [0.15, 0.2) is 11.5 Å². The molecule has 2 heterocycles. The van der Waals surface area contributed by atoms with Crippen LogP contribution in [0.15, 0.2) is 34.9 Å². The number of rotatable bonds is 4. The van der Waals surface area contributed by atoms with E-state index in [0.717, 1.165) is 19.3 Å². The summed E-state index contributed by atoms with van der Waals surface area (Å²) in [5.41, 5.74) is -0.219. The summed E-state index contributed by atoms with van der Waals surface area (Å²) in [7, 11) is 0. The van der Waals surface area contributed by atoms with Gasteiger partial charge in [-0.3, -0.25) is 4.79 Å². The topological polar surface area (TPSA) is 84.7 Å². The molecule has 1 atom stereocenters. The van der Waals surface area contributed by atoms with Crippen LogP contribution in [0.5, 0.6) is 0 Å². The molecule has 0 spiro atoms. The molecule has 1 aliphatic heterocycles. The highest BCUT2D eigenvalue weighted by atomic mass is 19.1. The van der Waals surface area contributed by atoms with Crippen LogP contribution in [-0.4, -0.2) is 46.8 Å². The van der Waals surface area contributed by atoms with Crippen molar-refractivity contribution < 1.29 is 23.2 Å². The second-order valence-corrected chi connectivity index (χ2v) is 8.09. The third-order valence-corrected chi connectivity index (χ3v) is 4.64. The summed E-state index contributed by atoms with van der Waals surface area (Å²) >= 11 is 0. The lowest BCUT2D eigenvalue weighted by molar-refractivity contribution is 0.0459. The molecule has 0 aliphatic carbocycles. The Morgan fingerprint density at radius 3 is 2.79 bits per heavy atom. The van der Waals surface area contributed by atoms with Crippen molar-refractivity contribution in [2.75, 3.05) is 13.1 Å². The maximum absolute atomic E-state index is 14.0. The largest absolute Gasteiger partial charge is 0.444 e. The highest BCUT2D eigenvalue weighted by Crippen LogP contribution is 2.25. The molecule has 7 nitrogen and oxygen atoms in total. The molecule has 3 rings (SSSR count). The van der Waals surface area contributed by atoms with Gasteiger partial charge in [0.25, 0.3) is 5.91 Å². The quantitative estimate of drug-likeness (QED) is 0.834. The predicted octanol–water partition coefficient (Wildman–Crippen LogP) is 4.00. The minimum Gasteiger partial charge on any atom is -0.444 e. The van der Waals surface area contributed by atoms with E-state index in [9.17, 15) is 14.0 Å². The number of hydrogen-bond donors (Lipinski definition) is 1. The Bertz CT molecular complexity index is 875. The molecular formula is C21H26FN3O4. The predicted molar refractivity (Wildman–Crippen MR) is 105 cm³/mol. The summed E-state index contributed by atoms with van der Waals surface area (Å²) in [6, 6.07) is 7.44. The van der Waals surface area contributed by atoms with Gasteiger partial charge in [-0.05, 0) is 52.2 Å².